The van der Waals surface area contributed by atoms with Gasteiger partial charge in [-0.2, -0.15) is 0 Å². The lowest BCUT2D eigenvalue weighted by atomic mass is 9.95. The Morgan fingerprint density at radius 3 is 1.06 bits per heavy atom. The summed E-state index contributed by atoms with van der Waals surface area (Å²) in [5.41, 5.74) is 0. The Bertz CT molecular complexity index is 375. The van der Waals surface area contributed by atoms with Gasteiger partial charge in [0.1, 0.15) is 5.78 Å². The number of hydrogen-bond acceptors (Lipinski definition) is 1. The van der Waals surface area contributed by atoms with Crippen molar-refractivity contribution in [3.8, 4) is 0 Å². The summed E-state index contributed by atoms with van der Waals surface area (Å²) in [6, 6.07) is 0. The van der Waals surface area contributed by atoms with Crippen molar-refractivity contribution in [1.82, 2.24) is 0 Å². The Balaban J connectivity index is 3.19. The first kappa shape index (κ1) is 31.7. The van der Waals surface area contributed by atoms with E-state index in [2.05, 4.69) is 20.8 Å². The van der Waals surface area contributed by atoms with Crippen molar-refractivity contribution in [2.45, 2.75) is 182 Å². The normalized spacial score (nSPS) is 13.4. The lowest BCUT2D eigenvalue weighted by Crippen LogP contribution is -2.05. The zero-order chi connectivity index (χ0) is 23.7. The number of carbonyl (C=O) groups excluding carboxylic acids is 1. The average molecular weight is 451 g/mol. The maximum absolute atomic E-state index is 11.2. The molecule has 0 spiro atoms. The Kier molecular flexibility index (Phi) is 25.0. The smallest absolute Gasteiger partial charge is 0.132 e. The highest BCUT2D eigenvalue weighted by atomic mass is 16.1. The van der Waals surface area contributed by atoms with Crippen LogP contribution in [0.15, 0.2) is 0 Å². The molecule has 0 aromatic rings. The highest BCUT2D eigenvalue weighted by Crippen LogP contribution is 2.19. The predicted octanol–water partition coefficient (Wildman–Crippen LogP) is 11.2. The fourth-order valence-corrected chi connectivity index (χ4v) is 4.86. The highest BCUT2D eigenvalue weighted by molar-refractivity contribution is 5.77. The molecule has 0 rings (SSSR count). The Morgan fingerprint density at radius 2 is 0.750 bits per heavy atom. The van der Waals surface area contributed by atoms with Gasteiger partial charge in [0, 0.05) is 5.92 Å². The second kappa shape index (κ2) is 25.3. The molecular formula is C31H62O. The van der Waals surface area contributed by atoms with Crippen LogP contribution >= 0.6 is 0 Å². The molecule has 0 aromatic carbocycles. The van der Waals surface area contributed by atoms with Gasteiger partial charge in [-0.05, 0) is 19.3 Å². The highest BCUT2D eigenvalue weighted by Gasteiger charge is 2.06. The summed E-state index contributed by atoms with van der Waals surface area (Å²) in [5.74, 6) is 1.54. The third-order valence-electron chi connectivity index (χ3n) is 7.58. The quantitative estimate of drug-likeness (QED) is 0.120. The largest absolute Gasteiger partial charge is 0.300 e. The van der Waals surface area contributed by atoms with Gasteiger partial charge in [0.2, 0.25) is 0 Å². The van der Waals surface area contributed by atoms with Crippen LogP contribution in [0.25, 0.3) is 0 Å². The van der Waals surface area contributed by atoms with Gasteiger partial charge in [-0.15, -0.1) is 0 Å². The van der Waals surface area contributed by atoms with Gasteiger partial charge in [0.25, 0.3) is 0 Å². The van der Waals surface area contributed by atoms with E-state index in [4.69, 9.17) is 0 Å². The molecule has 1 heteroatoms. The molecule has 0 unspecified atom stereocenters. The SMILES string of the molecule is CCCCCCCCCCCCCCCCCC[C@@H](C)CCCCCCC[C@@H](C)C(C)=O. The maximum Gasteiger partial charge on any atom is 0.132 e. The first-order valence-corrected chi connectivity index (χ1v) is 15.1. The van der Waals surface area contributed by atoms with Gasteiger partial charge < -0.3 is 0 Å². The van der Waals surface area contributed by atoms with Crippen LogP contribution in [0.4, 0.5) is 0 Å². The van der Waals surface area contributed by atoms with Gasteiger partial charge in [-0.1, -0.05) is 168 Å². The van der Waals surface area contributed by atoms with E-state index in [-0.39, 0.29) is 5.92 Å². The maximum atomic E-state index is 11.2. The molecule has 0 radical (unpaired) electrons. The van der Waals surface area contributed by atoms with E-state index in [1.54, 1.807) is 6.92 Å². The summed E-state index contributed by atoms with van der Waals surface area (Å²) >= 11 is 0. The molecule has 0 saturated carbocycles. The van der Waals surface area contributed by atoms with Crippen LogP contribution in [-0.2, 0) is 4.79 Å². The average Bonchev–Trinajstić information content (AvgIpc) is 2.77. The van der Waals surface area contributed by atoms with E-state index in [0.717, 1.165) is 12.3 Å². The molecule has 1 nitrogen and oxygen atoms in total. The van der Waals surface area contributed by atoms with Crippen molar-refractivity contribution in [2.24, 2.45) is 11.8 Å². The molecule has 0 heterocycles. The van der Waals surface area contributed by atoms with Crippen LogP contribution in [0.3, 0.4) is 0 Å². The summed E-state index contributed by atoms with van der Waals surface area (Å²) < 4.78 is 0. The summed E-state index contributed by atoms with van der Waals surface area (Å²) in [4.78, 5) is 11.2. The van der Waals surface area contributed by atoms with Crippen molar-refractivity contribution in [3.05, 3.63) is 0 Å². The standard InChI is InChI=1S/C31H62O/c1-5-6-7-8-9-10-11-12-13-14-15-16-17-18-20-23-26-29(2)27-24-21-19-22-25-28-30(3)31(4)32/h29-30H,5-28H2,1-4H3/t29-,30-/m1/s1. The van der Waals surface area contributed by atoms with Crippen molar-refractivity contribution in [3.63, 3.8) is 0 Å². The van der Waals surface area contributed by atoms with E-state index in [1.165, 1.54) is 148 Å². The van der Waals surface area contributed by atoms with Crippen LogP contribution < -0.4 is 0 Å². The molecule has 0 aliphatic rings. The molecular weight excluding hydrogens is 388 g/mol. The Labute approximate surface area is 204 Å². The topological polar surface area (TPSA) is 17.1 Å². The van der Waals surface area contributed by atoms with Crippen LogP contribution in [-0.4, -0.2) is 5.78 Å². The molecule has 192 valence electrons. The molecule has 0 aromatic heterocycles. The molecule has 2 atom stereocenters. The van der Waals surface area contributed by atoms with Crippen LogP contribution in [0.2, 0.25) is 0 Å². The minimum absolute atomic E-state index is 0.273. The van der Waals surface area contributed by atoms with Crippen molar-refractivity contribution in [1.29, 1.82) is 0 Å². The molecule has 0 saturated heterocycles. The van der Waals surface area contributed by atoms with E-state index in [0.29, 0.717) is 5.78 Å². The lowest BCUT2D eigenvalue weighted by Gasteiger charge is -2.11. The number of carbonyl (C=O) groups is 1. The number of hydrogen-bond donors (Lipinski definition) is 0. The van der Waals surface area contributed by atoms with Crippen molar-refractivity contribution < 1.29 is 4.79 Å². The number of Topliss-reactive ketones (excluding diaryl/α,β-unsaturated/α-hetero) is 1. The Morgan fingerprint density at radius 1 is 0.469 bits per heavy atom. The van der Waals surface area contributed by atoms with Gasteiger partial charge in [0.05, 0.1) is 0 Å². The third-order valence-corrected chi connectivity index (χ3v) is 7.58. The molecule has 0 aliphatic carbocycles. The third kappa shape index (κ3) is 24.3. The zero-order valence-corrected chi connectivity index (χ0v) is 23.0. The van der Waals surface area contributed by atoms with Gasteiger partial charge >= 0.3 is 0 Å². The Hall–Kier alpha value is -0.330. The van der Waals surface area contributed by atoms with Crippen LogP contribution in [0, 0.1) is 11.8 Å². The van der Waals surface area contributed by atoms with Crippen LogP contribution in [0.5, 0.6) is 0 Å². The second-order valence-corrected chi connectivity index (χ2v) is 11.1. The van der Waals surface area contributed by atoms with E-state index in [1.807, 2.05) is 0 Å². The molecule has 0 aliphatic heterocycles. The molecule has 0 bridgehead atoms. The van der Waals surface area contributed by atoms with Crippen molar-refractivity contribution in [2.75, 3.05) is 0 Å². The lowest BCUT2D eigenvalue weighted by molar-refractivity contribution is -0.120. The van der Waals surface area contributed by atoms with E-state index >= 15 is 0 Å². The first-order valence-electron chi connectivity index (χ1n) is 15.1. The molecule has 0 fully saturated rings. The number of rotatable bonds is 26. The summed E-state index contributed by atoms with van der Waals surface area (Å²) in [7, 11) is 0. The summed E-state index contributed by atoms with van der Waals surface area (Å²) in [6.07, 6.45) is 34.0. The number of unbranched alkanes of at least 4 members (excludes halogenated alkanes) is 19. The monoisotopic (exact) mass is 450 g/mol. The number of ketones is 1. The van der Waals surface area contributed by atoms with Crippen LogP contribution in [0.1, 0.15) is 182 Å². The molecule has 0 amide bonds. The predicted molar refractivity (Wildman–Crippen MR) is 145 cm³/mol. The second-order valence-electron chi connectivity index (χ2n) is 11.1. The fourth-order valence-electron chi connectivity index (χ4n) is 4.86. The first-order chi connectivity index (χ1) is 15.6. The molecule has 0 N–H and O–H groups in total. The summed E-state index contributed by atoms with van der Waals surface area (Å²) in [6.45, 7) is 8.56. The van der Waals surface area contributed by atoms with E-state index < -0.39 is 0 Å². The van der Waals surface area contributed by atoms with Gasteiger partial charge in [-0.25, -0.2) is 0 Å². The minimum Gasteiger partial charge on any atom is -0.300 e. The minimum atomic E-state index is 0.273. The van der Waals surface area contributed by atoms with Crippen molar-refractivity contribution >= 4 is 5.78 Å². The van der Waals surface area contributed by atoms with Gasteiger partial charge in [0.15, 0.2) is 0 Å². The summed E-state index contributed by atoms with van der Waals surface area (Å²) in [5, 5.41) is 0. The zero-order valence-electron chi connectivity index (χ0n) is 23.0. The van der Waals surface area contributed by atoms with E-state index in [9.17, 15) is 4.79 Å². The molecule has 32 heavy (non-hydrogen) atoms. The fraction of sp³-hybridized carbons (Fsp3) is 0.968. The van der Waals surface area contributed by atoms with Gasteiger partial charge in [-0.3, -0.25) is 4.79 Å².